The first-order valence-electron chi connectivity index (χ1n) is 11.8. The number of rotatable bonds is 9. The monoisotopic (exact) mass is 611 g/mol. The van der Waals surface area contributed by atoms with Gasteiger partial charge in [0, 0.05) is 30.4 Å². The Morgan fingerprint density at radius 3 is 2.60 bits per heavy atom. The van der Waals surface area contributed by atoms with Crippen molar-refractivity contribution in [2.75, 3.05) is 6.61 Å². The van der Waals surface area contributed by atoms with Crippen LogP contribution >= 0.6 is 11.6 Å². The maximum Gasteiger partial charge on any atom is 0.451 e. The van der Waals surface area contributed by atoms with Gasteiger partial charge in [-0.15, -0.1) is 5.10 Å². The second-order valence-electron chi connectivity index (χ2n) is 8.59. The Balaban J connectivity index is 1.54. The average molecular weight is 612 g/mol. The van der Waals surface area contributed by atoms with Gasteiger partial charge in [-0.3, -0.25) is 4.68 Å². The van der Waals surface area contributed by atoms with Crippen LogP contribution in [0.25, 0.3) is 28.1 Å². The van der Waals surface area contributed by atoms with Gasteiger partial charge in [-0.05, 0) is 34.7 Å². The van der Waals surface area contributed by atoms with Gasteiger partial charge in [-0.2, -0.15) is 36.5 Å². The maximum absolute atomic E-state index is 15.2. The normalized spacial score (nSPS) is 12.7. The first kappa shape index (κ1) is 28.9. The van der Waals surface area contributed by atoms with E-state index >= 15 is 4.39 Å². The van der Waals surface area contributed by atoms with Crippen LogP contribution < -0.4 is 4.73 Å². The van der Waals surface area contributed by atoms with Gasteiger partial charge < -0.3 is 9.94 Å². The molecule has 0 saturated carbocycles. The molecule has 0 fully saturated rings. The van der Waals surface area contributed by atoms with Crippen LogP contribution in [0.15, 0.2) is 61.4 Å². The highest BCUT2D eigenvalue weighted by molar-refractivity contribution is 6.31. The number of pyridine rings is 1. The van der Waals surface area contributed by atoms with Crippen LogP contribution in [-0.4, -0.2) is 53.2 Å². The number of aromatic nitrogens is 9. The van der Waals surface area contributed by atoms with E-state index < -0.39 is 37.1 Å². The SMILES string of the molecule is [O-][n+]1cc(-c2c(-n3cnnn3)ccc(Cl)c2F)ccc1[C@@H](CCOC(F)F)n1cc(-c2ccnc(C(F)(F)F)n2)cn1. The number of hydrogen-bond acceptors (Lipinski definition) is 8. The molecular formula is C24H16ClF6N9O2. The number of nitrogens with zero attached hydrogens (tertiary/aromatic N) is 9. The van der Waals surface area contributed by atoms with Crippen molar-refractivity contribution in [2.45, 2.75) is 25.3 Å². The minimum atomic E-state index is -4.79. The van der Waals surface area contributed by atoms with Gasteiger partial charge in [0.15, 0.2) is 12.0 Å². The number of benzene rings is 1. The lowest BCUT2D eigenvalue weighted by Crippen LogP contribution is -2.36. The quantitative estimate of drug-likeness (QED) is 0.134. The molecule has 0 unspecified atom stereocenters. The molecule has 5 aromatic rings. The number of halogens is 7. The minimum absolute atomic E-state index is 0.0173. The van der Waals surface area contributed by atoms with Crippen LogP contribution in [0, 0.1) is 11.0 Å². The average Bonchev–Trinajstić information content (AvgIpc) is 3.66. The fourth-order valence-corrected chi connectivity index (χ4v) is 4.31. The van der Waals surface area contributed by atoms with E-state index in [1.807, 2.05) is 0 Å². The number of ether oxygens (including phenoxy) is 1. The molecule has 1 aromatic carbocycles. The van der Waals surface area contributed by atoms with Gasteiger partial charge in [0.25, 0.3) is 0 Å². The Kier molecular flexibility index (Phi) is 8.04. The summed E-state index contributed by atoms with van der Waals surface area (Å²) in [6, 6.07) is 5.67. The smallest absolute Gasteiger partial charge is 0.451 e. The lowest BCUT2D eigenvalue weighted by atomic mass is 10.0. The van der Waals surface area contributed by atoms with Crippen molar-refractivity contribution in [2.24, 2.45) is 0 Å². The van der Waals surface area contributed by atoms with Crippen molar-refractivity contribution >= 4 is 11.6 Å². The zero-order valence-corrected chi connectivity index (χ0v) is 21.6. The summed E-state index contributed by atoms with van der Waals surface area (Å²) < 4.78 is 87.0. The summed E-state index contributed by atoms with van der Waals surface area (Å²) >= 11 is 5.99. The summed E-state index contributed by atoms with van der Waals surface area (Å²) in [5, 5.41) is 28.0. The largest absolute Gasteiger partial charge is 0.618 e. The number of tetrazole rings is 1. The maximum atomic E-state index is 15.2. The third kappa shape index (κ3) is 6.01. The molecule has 11 nitrogen and oxygen atoms in total. The minimum Gasteiger partial charge on any atom is -0.618 e. The Hall–Kier alpha value is -4.64. The summed E-state index contributed by atoms with van der Waals surface area (Å²) in [7, 11) is 0. The van der Waals surface area contributed by atoms with Gasteiger partial charge in [-0.1, -0.05) is 11.6 Å². The molecule has 0 saturated heterocycles. The predicted molar refractivity (Wildman–Crippen MR) is 131 cm³/mol. The van der Waals surface area contributed by atoms with E-state index in [9.17, 15) is 27.2 Å². The highest BCUT2D eigenvalue weighted by Crippen LogP contribution is 2.34. The fraction of sp³-hybridized carbons (Fsp3) is 0.208. The Labute approximate surface area is 236 Å². The van der Waals surface area contributed by atoms with Crippen LogP contribution in [0.3, 0.4) is 0 Å². The molecule has 0 aliphatic rings. The van der Waals surface area contributed by atoms with E-state index in [4.69, 9.17) is 11.6 Å². The summed E-state index contributed by atoms with van der Waals surface area (Å²) in [6.07, 6.45) is 0.719. The van der Waals surface area contributed by atoms with E-state index in [2.05, 4.69) is 35.3 Å². The third-order valence-electron chi connectivity index (χ3n) is 6.00. The van der Waals surface area contributed by atoms with E-state index in [1.54, 1.807) is 0 Å². The lowest BCUT2D eigenvalue weighted by molar-refractivity contribution is -0.615. The van der Waals surface area contributed by atoms with Crippen molar-refractivity contribution in [1.29, 1.82) is 0 Å². The van der Waals surface area contributed by atoms with Crippen molar-refractivity contribution < 1.29 is 35.8 Å². The standard InChI is InChI=1S/C24H16ClF6N9O2/c25-15-2-4-19(39-12-33-36-37-39)20(21(15)26)13-1-3-18(40(41)11-13)17(6-8-42-23(27)28)38-10-14(9-34-38)16-5-7-32-22(35-16)24(29,30)31/h1-5,7,9-12,17,23H,6,8H2/t17-/m1/s1. The summed E-state index contributed by atoms with van der Waals surface area (Å²) in [5.41, 5.74) is 0.192. The Morgan fingerprint density at radius 2 is 1.90 bits per heavy atom. The van der Waals surface area contributed by atoms with E-state index in [1.165, 1.54) is 58.4 Å². The van der Waals surface area contributed by atoms with Crippen molar-refractivity contribution in [3.8, 4) is 28.1 Å². The Morgan fingerprint density at radius 1 is 1.10 bits per heavy atom. The highest BCUT2D eigenvalue weighted by atomic mass is 35.5. The molecule has 218 valence electrons. The first-order chi connectivity index (χ1) is 20.0. The molecular weight excluding hydrogens is 596 g/mol. The number of hydrogen-bond donors (Lipinski definition) is 0. The molecule has 1 atom stereocenters. The van der Waals surface area contributed by atoms with Crippen molar-refractivity contribution in [3.05, 3.63) is 89.0 Å². The lowest BCUT2D eigenvalue weighted by Gasteiger charge is -2.18. The zero-order chi connectivity index (χ0) is 30.0. The molecule has 0 N–H and O–H groups in total. The zero-order valence-electron chi connectivity index (χ0n) is 20.8. The molecule has 18 heteroatoms. The molecule has 4 heterocycles. The molecule has 42 heavy (non-hydrogen) atoms. The second-order valence-corrected chi connectivity index (χ2v) is 8.99. The summed E-state index contributed by atoms with van der Waals surface area (Å²) in [5.74, 6) is -2.21. The summed E-state index contributed by atoms with van der Waals surface area (Å²) in [4.78, 5) is 6.73. The van der Waals surface area contributed by atoms with Crippen LogP contribution in [0.2, 0.25) is 5.02 Å². The highest BCUT2D eigenvalue weighted by Gasteiger charge is 2.35. The topological polar surface area (TPSA) is 123 Å². The second kappa shape index (κ2) is 11.7. The van der Waals surface area contributed by atoms with E-state index in [-0.39, 0.29) is 45.2 Å². The van der Waals surface area contributed by atoms with Crippen LogP contribution in [-0.2, 0) is 10.9 Å². The predicted octanol–water partition coefficient (Wildman–Crippen LogP) is 4.65. The molecule has 0 amide bonds. The molecule has 0 spiro atoms. The van der Waals surface area contributed by atoms with Crippen molar-refractivity contribution in [1.82, 2.24) is 40.0 Å². The van der Waals surface area contributed by atoms with Crippen molar-refractivity contribution in [3.63, 3.8) is 0 Å². The first-order valence-corrected chi connectivity index (χ1v) is 12.2. The van der Waals surface area contributed by atoms with E-state index in [0.29, 0.717) is 4.73 Å². The molecule has 4 aromatic heterocycles. The van der Waals surface area contributed by atoms with Gasteiger partial charge >= 0.3 is 12.8 Å². The van der Waals surface area contributed by atoms with Crippen LogP contribution in [0.4, 0.5) is 26.3 Å². The summed E-state index contributed by atoms with van der Waals surface area (Å²) in [6.45, 7) is -3.59. The fourth-order valence-electron chi connectivity index (χ4n) is 4.16. The van der Waals surface area contributed by atoms with Gasteiger partial charge in [0.05, 0.1) is 40.3 Å². The molecule has 5 rings (SSSR count). The number of alkyl halides is 5. The molecule has 0 bridgehead atoms. The molecule has 0 aliphatic heterocycles. The van der Waals surface area contributed by atoms with E-state index in [0.717, 1.165) is 12.4 Å². The molecule has 0 aliphatic carbocycles. The third-order valence-corrected chi connectivity index (χ3v) is 6.30. The van der Waals surface area contributed by atoms with Crippen LogP contribution in [0.5, 0.6) is 0 Å². The van der Waals surface area contributed by atoms with Gasteiger partial charge in [0.1, 0.15) is 12.4 Å². The van der Waals surface area contributed by atoms with Gasteiger partial charge in [-0.25, -0.2) is 14.4 Å². The van der Waals surface area contributed by atoms with Crippen LogP contribution in [0.1, 0.15) is 24.0 Å². The Bertz CT molecular complexity index is 1700. The van der Waals surface area contributed by atoms with Gasteiger partial charge in [0.2, 0.25) is 11.5 Å². The molecule has 0 radical (unpaired) electrons.